The van der Waals surface area contributed by atoms with Crippen molar-refractivity contribution in [2.45, 2.75) is 32.2 Å². The first-order chi connectivity index (χ1) is 8.29. The van der Waals surface area contributed by atoms with E-state index in [2.05, 4.69) is 37.8 Å². The van der Waals surface area contributed by atoms with Crippen molar-refractivity contribution in [2.24, 2.45) is 5.73 Å². The second-order valence-corrected chi connectivity index (χ2v) is 6.11. The van der Waals surface area contributed by atoms with Gasteiger partial charge in [-0.05, 0) is 37.2 Å². The number of rotatable bonds is 5. The van der Waals surface area contributed by atoms with Gasteiger partial charge in [-0.1, -0.05) is 32.9 Å². The third-order valence-electron chi connectivity index (χ3n) is 2.78. The molecule has 0 aliphatic rings. The SMILES string of the molecule is CN(C)CC(N)COc1ccc(C(C)(C)C)cc1. The Kier molecular flexibility index (Phi) is 5.17. The second-order valence-electron chi connectivity index (χ2n) is 6.11. The highest BCUT2D eigenvalue weighted by molar-refractivity contribution is 5.31. The van der Waals surface area contributed by atoms with Crippen molar-refractivity contribution in [1.29, 1.82) is 0 Å². The summed E-state index contributed by atoms with van der Waals surface area (Å²) in [5.41, 5.74) is 7.45. The molecule has 18 heavy (non-hydrogen) atoms. The van der Waals surface area contributed by atoms with Gasteiger partial charge in [-0.2, -0.15) is 0 Å². The van der Waals surface area contributed by atoms with Crippen LogP contribution >= 0.6 is 0 Å². The molecule has 0 aromatic heterocycles. The van der Waals surface area contributed by atoms with E-state index in [1.54, 1.807) is 0 Å². The molecule has 1 aromatic rings. The van der Waals surface area contributed by atoms with Crippen molar-refractivity contribution in [2.75, 3.05) is 27.2 Å². The van der Waals surface area contributed by atoms with Gasteiger partial charge in [-0.25, -0.2) is 0 Å². The summed E-state index contributed by atoms with van der Waals surface area (Å²) in [6, 6.07) is 8.31. The Labute approximate surface area is 111 Å². The molecule has 3 heteroatoms. The number of ether oxygens (including phenoxy) is 1. The van der Waals surface area contributed by atoms with Crippen molar-refractivity contribution < 1.29 is 4.74 Å². The molecule has 0 saturated heterocycles. The first-order valence-electron chi connectivity index (χ1n) is 6.42. The maximum atomic E-state index is 5.95. The van der Waals surface area contributed by atoms with E-state index in [0.29, 0.717) is 6.61 Å². The fourth-order valence-electron chi connectivity index (χ4n) is 1.78. The van der Waals surface area contributed by atoms with E-state index < -0.39 is 0 Å². The van der Waals surface area contributed by atoms with Gasteiger partial charge in [-0.3, -0.25) is 0 Å². The standard InChI is InChI=1S/C15H26N2O/c1-15(2,3)12-6-8-14(9-7-12)18-11-13(16)10-17(4)5/h6-9,13H,10-11,16H2,1-5H3. The first-order valence-corrected chi connectivity index (χ1v) is 6.42. The van der Waals surface area contributed by atoms with Gasteiger partial charge in [-0.15, -0.1) is 0 Å². The lowest BCUT2D eigenvalue weighted by Crippen LogP contribution is -2.37. The van der Waals surface area contributed by atoms with Gasteiger partial charge in [0.05, 0.1) is 6.04 Å². The molecule has 102 valence electrons. The van der Waals surface area contributed by atoms with Crippen LogP contribution in [0.5, 0.6) is 5.75 Å². The minimum atomic E-state index is 0.0438. The number of benzene rings is 1. The molecule has 1 rings (SSSR count). The zero-order valence-electron chi connectivity index (χ0n) is 12.2. The van der Waals surface area contributed by atoms with Crippen LogP contribution in [0.15, 0.2) is 24.3 Å². The second kappa shape index (κ2) is 6.21. The van der Waals surface area contributed by atoms with Crippen LogP contribution in [0.1, 0.15) is 26.3 Å². The Morgan fingerprint density at radius 1 is 1.17 bits per heavy atom. The van der Waals surface area contributed by atoms with Crippen LogP contribution in [-0.2, 0) is 5.41 Å². The van der Waals surface area contributed by atoms with Gasteiger partial charge in [0.2, 0.25) is 0 Å². The van der Waals surface area contributed by atoms with Gasteiger partial charge in [0.15, 0.2) is 0 Å². The maximum absolute atomic E-state index is 5.95. The molecule has 0 fully saturated rings. The molecular formula is C15H26N2O. The Hall–Kier alpha value is -1.06. The monoisotopic (exact) mass is 250 g/mol. The van der Waals surface area contributed by atoms with Crippen LogP contribution in [0, 0.1) is 0 Å². The summed E-state index contributed by atoms with van der Waals surface area (Å²) in [5, 5.41) is 0. The molecule has 0 aliphatic heterocycles. The Bertz CT molecular complexity index is 352. The van der Waals surface area contributed by atoms with E-state index >= 15 is 0 Å². The van der Waals surface area contributed by atoms with Gasteiger partial charge in [0.25, 0.3) is 0 Å². The van der Waals surface area contributed by atoms with Crippen LogP contribution in [0.2, 0.25) is 0 Å². The molecule has 0 amide bonds. The predicted molar refractivity (Wildman–Crippen MR) is 77.2 cm³/mol. The Balaban J connectivity index is 2.49. The van der Waals surface area contributed by atoms with Gasteiger partial charge < -0.3 is 15.4 Å². The molecule has 0 heterocycles. The van der Waals surface area contributed by atoms with E-state index in [1.807, 2.05) is 26.2 Å². The fourth-order valence-corrected chi connectivity index (χ4v) is 1.78. The van der Waals surface area contributed by atoms with E-state index in [-0.39, 0.29) is 11.5 Å². The molecule has 0 saturated carbocycles. The van der Waals surface area contributed by atoms with Gasteiger partial charge in [0.1, 0.15) is 12.4 Å². The summed E-state index contributed by atoms with van der Waals surface area (Å²) in [6.07, 6.45) is 0. The van der Waals surface area contributed by atoms with Crippen molar-refractivity contribution in [3.8, 4) is 5.75 Å². The summed E-state index contributed by atoms with van der Waals surface area (Å²) >= 11 is 0. The summed E-state index contributed by atoms with van der Waals surface area (Å²) in [6.45, 7) is 7.99. The largest absolute Gasteiger partial charge is 0.492 e. The molecule has 2 N–H and O–H groups in total. The maximum Gasteiger partial charge on any atom is 0.119 e. The molecule has 1 unspecified atom stereocenters. The van der Waals surface area contributed by atoms with E-state index in [9.17, 15) is 0 Å². The molecule has 1 aromatic carbocycles. The van der Waals surface area contributed by atoms with Crippen molar-refractivity contribution >= 4 is 0 Å². The molecule has 0 spiro atoms. The zero-order chi connectivity index (χ0) is 13.8. The Morgan fingerprint density at radius 3 is 2.17 bits per heavy atom. The molecule has 0 aliphatic carbocycles. The third-order valence-corrected chi connectivity index (χ3v) is 2.78. The highest BCUT2D eigenvalue weighted by Crippen LogP contribution is 2.24. The lowest BCUT2D eigenvalue weighted by atomic mass is 9.87. The average molecular weight is 250 g/mol. The fraction of sp³-hybridized carbons (Fsp3) is 0.600. The summed E-state index contributed by atoms with van der Waals surface area (Å²) in [7, 11) is 4.02. The van der Waals surface area contributed by atoms with Crippen molar-refractivity contribution in [1.82, 2.24) is 4.90 Å². The van der Waals surface area contributed by atoms with Crippen molar-refractivity contribution in [3.05, 3.63) is 29.8 Å². The van der Waals surface area contributed by atoms with Crippen LogP contribution in [0.3, 0.4) is 0 Å². The minimum Gasteiger partial charge on any atom is -0.492 e. The molecule has 1 atom stereocenters. The molecule has 0 bridgehead atoms. The van der Waals surface area contributed by atoms with E-state index in [0.717, 1.165) is 12.3 Å². The average Bonchev–Trinajstić information content (AvgIpc) is 2.25. The number of nitrogens with two attached hydrogens (primary N) is 1. The van der Waals surface area contributed by atoms with Crippen LogP contribution in [0.25, 0.3) is 0 Å². The number of likely N-dealkylation sites (N-methyl/N-ethyl adjacent to an activating group) is 1. The normalized spacial score (nSPS) is 13.7. The predicted octanol–water partition coefficient (Wildman–Crippen LogP) is 2.25. The van der Waals surface area contributed by atoms with E-state index in [1.165, 1.54) is 5.56 Å². The smallest absolute Gasteiger partial charge is 0.119 e. The van der Waals surface area contributed by atoms with Crippen LogP contribution in [0.4, 0.5) is 0 Å². The molecular weight excluding hydrogens is 224 g/mol. The lowest BCUT2D eigenvalue weighted by Gasteiger charge is -2.20. The summed E-state index contributed by atoms with van der Waals surface area (Å²) in [4.78, 5) is 2.07. The number of hydrogen-bond donors (Lipinski definition) is 1. The zero-order valence-corrected chi connectivity index (χ0v) is 12.2. The number of hydrogen-bond acceptors (Lipinski definition) is 3. The first kappa shape index (κ1) is 15.0. The van der Waals surface area contributed by atoms with Crippen molar-refractivity contribution in [3.63, 3.8) is 0 Å². The third kappa shape index (κ3) is 5.07. The topological polar surface area (TPSA) is 38.5 Å². The van der Waals surface area contributed by atoms with Gasteiger partial charge in [0, 0.05) is 6.54 Å². The quantitative estimate of drug-likeness (QED) is 0.871. The molecule has 0 radical (unpaired) electrons. The Morgan fingerprint density at radius 2 is 1.72 bits per heavy atom. The summed E-state index contributed by atoms with van der Waals surface area (Å²) < 4.78 is 5.68. The van der Waals surface area contributed by atoms with Gasteiger partial charge >= 0.3 is 0 Å². The number of nitrogens with zero attached hydrogens (tertiary/aromatic N) is 1. The lowest BCUT2D eigenvalue weighted by molar-refractivity contribution is 0.254. The van der Waals surface area contributed by atoms with Crippen LogP contribution in [-0.4, -0.2) is 38.2 Å². The minimum absolute atomic E-state index is 0.0438. The highest BCUT2D eigenvalue weighted by atomic mass is 16.5. The van der Waals surface area contributed by atoms with E-state index in [4.69, 9.17) is 10.5 Å². The van der Waals surface area contributed by atoms with Crippen LogP contribution < -0.4 is 10.5 Å². The molecule has 3 nitrogen and oxygen atoms in total. The summed E-state index contributed by atoms with van der Waals surface area (Å²) in [5.74, 6) is 0.886. The highest BCUT2D eigenvalue weighted by Gasteiger charge is 2.13.